The van der Waals surface area contributed by atoms with Crippen LogP contribution in [0.3, 0.4) is 0 Å². The van der Waals surface area contributed by atoms with E-state index in [-0.39, 0.29) is 41.4 Å². The number of carbonyl (C=O) groups excluding carboxylic acids is 3. The second kappa shape index (κ2) is 6.94. The Bertz CT molecular complexity index is 1100. The zero-order chi connectivity index (χ0) is 21.0. The van der Waals surface area contributed by atoms with Gasteiger partial charge in [-0.25, -0.2) is 4.90 Å². The minimum Gasteiger partial charge on any atom is -0.322 e. The molecule has 30 heavy (non-hydrogen) atoms. The van der Waals surface area contributed by atoms with Gasteiger partial charge < -0.3 is 5.32 Å². The molecule has 2 aliphatic carbocycles. The number of amides is 3. The number of rotatable bonds is 4. The molecule has 5 nitrogen and oxygen atoms in total. The summed E-state index contributed by atoms with van der Waals surface area (Å²) in [4.78, 5) is 40.5. The zero-order valence-electron chi connectivity index (χ0n) is 17.1. The standard InChI is InChI=1S/C25H24N2O3/c1-3-15-7-4-5-10-20(15)26-23(28)16-8-6-9-18(12-16)27-24(29)21-17-11-14(2)19(13-17)22(21)25(27)30/h4-12,17,19,21-22H,3,13H2,1-2H3,(H,26,28)/t17-,19+,21+,22-/m0/s1. The first kappa shape index (κ1) is 18.8. The molecule has 2 aromatic carbocycles. The van der Waals surface area contributed by atoms with Crippen LogP contribution in [0.4, 0.5) is 11.4 Å². The van der Waals surface area contributed by atoms with Crippen LogP contribution in [0.25, 0.3) is 0 Å². The fourth-order valence-corrected chi connectivity index (χ4v) is 5.46. The van der Waals surface area contributed by atoms with Gasteiger partial charge in [-0.15, -0.1) is 0 Å². The van der Waals surface area contributed by atoms with E-state index in [1.54, 1.807) is 24.3 Å². The number of imide groups is 1. The SMILES string of the molecule is CCc1ccccc1NC(=O)c1cccc(N2C(=O)[C@@H]3[C@H](C2=O)[C@H]2C=C(C)[C@H]3C2)c1. The molecule has 1 saturated heterocycles. The van der Waals surface area contributed by atoms with Gasteiger partial charge in [0.1, 0.15) is 0 Å². The average molecular weight is 400 g/mol. The molecule has 1 aliphatic heterocycles. The van der Waals surface area contributed by atoms with E-state index in [0.717, 1.165) is 24.1 Å². The number of carbonyl (C=O) groups is 3. The van der Waals surface area contributed by atoms with Crippen molar-refractivity contribution in [3.63, 3.8) is 0 Å². The zero-order valence-corrected chi connectivity index (χ0v) is 17.1. The summed E-state index contributed by atoms with van der Waals surface area (Å²) >= 11 is 0. The molecule has 152 valence electrons. The summed E-state index contributed by atoms with van der Waals surface area (Å²) in [5.74, 6) is -0.665. The van der Waals surface area contributed by atoms with Crippen molar-refractivity contribution >= 4 is 29.1 Å². The van der Waals surface area contributed by atoms with Crippen molar-refractivity contribution in [2.75, 3.05) is 10.2 Å². The molecule has 0 unspecified atom stereocenters. The Hall–Kier alpha value is -3.21. The van der Waals surface area contributed by atoms with E-state index in [1.807, 2.05) is 31.2 Å². The molecule has 2 fully saturated rings. The Labute approximate surface area is 175 Å². The Morgan fingerprint density at radius 3 is 2.63 bits per heavy atom. The number of benzene rings is 2. The molecule has 4 atom stereocenters. The quantitative estimate of drug-likeness (QED) is 0.618. The highest BCUT2D eigenvalue weighted by atomic mass is 16.2. The Morgan fingerprint density at radius 1 is 1.07 bits per heavy atom. The van der Waals surface area contributed by atoms with Crippen molar-refractivity contribution in [2.24, 2.45) is 23.7 Å². The van der Waals surface area contributed by atoms with Crippen LogP contribution in [-0.2, 0) is 16.0 Å². The number of nitrogens with one attached hydrogen (secondary N) is 1. The van der Waals surface area contributed by atoms with Crippen molar-refractivity contribution in [3.8, 4) is 0 Å². The lowest BCUT2D eigenvalue weighted by atomic mass is 9.82. The van der Waals surface area contributed by atoms with Crippen LogP contribution < -0.4 is 10.2 Å². The first-order valence-electron chi connectivity index (χ1n) is 10.5. The molecular formula is C25H24N2O3. The number of hydrogen-bond acceptors (Lipinski definition) is 3. The molecule has 0 radical (unpaired) electrons. The minimum atomic E-state index is -0.255. The molecular weight excluding hydrogens is 376 g/mol. The van der Waals surface area contributed by atoms with Crippen LogP contribution >= 0.6 is 0 Å². The first-order valence-corrected chi connectivity index (χ1v) is 10.5. The Kier molecular flexibility index (Phi) is 4.35. The lowest BCUT2D eigenvalue weighted by Crippen LogP contribution is -2.33. The summed E-state index contributed by atoms with van der Waals surface area (Å²) in [5.41, 5.74) is 3.96. The van der Waals surface area contributed by atoms with Crippen molar-refractivity contribution in [1.82, 2.24) is 0 Å². The first-order chi connectivity index (χ1) is 14.5. The van der Waals surface area contributed by atoms with Gasteiger partial charge in [-0.05, 0) is 61.4 Å². The van der Waals surface area contributed by atoms with Crippen molar-refractivity contribution in [1.29, 1.82) is 0 Å². The minimum absolute atomic E-state index is 0.126. The molecule has 2 aromatic rings. The van der Waals surface area contributed by atoms with E-state index < -0.39 is 0 Å². The number of fused-ring (bicyclic) bond motifs is 5. The summed E-state index contributed by atoms with van der Waals surface area (Å²) < 4.78 is 0. The van der Waals surface area contributed by atoms with Crippen molar-refractivity contribution < 1.29 is 14.4 Å². The summed E-state index contributed by atoms with van der Waals surface area (Å²) in [6.07, 6.45) is 3.88. The largest absolute Gasteiger partial charge is 0.322 e. The van der Waals surface area contributed by atoms with Crippen molar-refractivity contribution in [2.45, 2.75) is 26.7 Å². The predicted octanol–water partition coefficient (Wildman–Crippen LogP) is 4.20. The van der Waals surface area contributed by atoms with Crippen LogP contribution in [0.5, 0.6) is 0 Å². The number of anilines is 2. The van der Waals surface area contributed by atoms with Crippen LogP contribution in [0.2, 0.25) is 0 Å². The molecule has 3 amide bonds. The van der Waals surface area contributed by atoms with Gasteiger partial charge in [0.25, 0.3) is 5.91 Å². The molecule has 5 heteroatoms. The fourth-order valence-electron chi connectivity index (χ4n) is 5.46. The number of aryl methyl sites for hydroxylation is 1. The van der Waals surface area contributed by atoms with Crippen LogP contribution in [0, 0.1) is 23.7 Å². The maximum Gasteiger partial charge on any atom is 0.255 e. The van der Waals surface area contributed by atoms with Gasteiger partial charge in [0.05, 0.1) is 17.5 Å². The van der Waals surface area contributed by atoms with Gasteiger partial charge in [0.2, 0.25) is 11.8 Å². The van der Waals surface area contributed by atoms with Gasteiger partial charge in [-0.2, -0.15) is 0 Å². The highest BCUT2D eigenvalue weighted by Gasteiger charge is 2.60. The maximum absolute atomic E-state index is 13.2. The predicted molar refractivity (Wildman–Crippen MR) is 115 cm³/mol. The van der Waals surface area contributed by atoms with Gasteiger partial charge in [-0.3, -0.25) is 14.4 Å². The number of para-hydroxylation sites is 1. The molecule has 0 spiro atoms. The molecule has 1 N–H and O–H groups in total. The highest BCUT2D eigenvalue weighted by Crippen LogP contribution is 2.55. The molecule has 3 aliphatic rings. The highest BCUT2D eigenvalue weighted by molar-refractivity contribution is 6.23. The monoisotopic (exact) mass is 400 g/mol. The summed E-state index contributed by atoms with van der Waals surface area (Å²) in [6, 6.07) is 14.5. The lowest BCUT2D eigenvalue weighted by molar-refractivity contribution is -0.123. The van der Waals surface area contributed by atoms with Crippen LogP contribution in [-0.4, -0.2) is 17.7 Å². The lowest BCUT2D eigenvalue weighted by Gasteiger charge is -2.19. The van der Waals surface area contributed by atoms with E-state index in [9.17, 15) is 14.4 Å². The average Bonchev–Trinajstić information content (AvgIpc) is 3.39. The van der Waals surface area contributed by atoms with Gasteiger partial charge >= 0.3 is 0 Å². The summed E-state index contributed by atoms with van der Waals surface area (Å²) in [7, 11) is 0. The van der Waals surface area contributed by atoms with Crippen molar-refractivity contribution in [3.05, 3.63) is 71.3 Å². The second-order valence-electron chi connectivity index (χ2n) is 8.50. The van der Waals surface area contributed by atoms with Crippen LogP contribution in [0.15, 0.2) is 60.2 Å². The second-order valence-corrected chi connectivity index (χ2v) is 8.50. The summed E-state index contributed by atoms with van der Waals surface area (Å²) in [6.45, 7) is 4.09. The van der Waals surface area contributed by atoms with Gasteiger partial charge in [-0.1, -0.05) is 42.8 Å². The smallest absolute Gasteiger partial charge is 0.255 e. The van der Waals surface area contributed by atoms with E-state index >= 15 is 0 Å². The van der Waals surface area contributed by atoms with Crippen LogP contribution in [0.1, 0.15) is 36.2 Å². The van der Waals surface area contributed by atoms with E-state index in [0.29, 0.717) is 11.3 Å². The molecule has 2 bridgehead atoms. The fraction of sp³-hybridized carbons (Fsp3) is 0.320. The molecule has 1 saturated carbocycles. The number of hydrogen-bond donors (Lipinski definition) is 1. The summed E-state index contributed by atoms with van der Waals surface area (Å²) in [5, 5.41) is 2.95. The van der Waals surface area contributed by atoms with E-state index in [2.05, 4.69) is 18.3 Å². The topological polar surface area (TPSA) is 66.5 Å². The normalized spacial score (nSPS) is 26.7. The Morgan fingerprint density at radius 2 is 1.83 bits per heavy atom. The van der Waals surface area contributed by atoms with E-state index in [4.69, 9.17) is 0 Å². The molecule has 0 aromatic heterocycles. The van der Waals surface area contributed by atoms with E-state index in [1.165, 1.54) is 10.5 Å². The number of nitrogens with zero attached hydrogens (tertiary/aromatic N) is 1. The Balaban J connectivity index is 1.41. The molecule has 5 rings (SSSR count). The maximum atomic E-state index is 13.2. The third-order valence-corrected chi connectivity index (χ3v) is 6.89. The van der Waals surface area contributed by atoms with Gasteiger partial charge in [0.15, 0.2) is 0 Å². The van der Waals surface area contributed by atoms with Gasteiger partial charge in [0, 0.05) is 11.3 Å². The third kappa shape index (κ3) is 2.72. The third-order valence-electron chi connectivity index (χ3n) is 6.89. The molecule has 1 heterocycles. The number of allylic oxidation sites excluding steroid dienone is 2.